The van der Waals surface area contributed by atoms with Gasteiger partial charge in [0.05, 0.1) is 0 Å². The van der Waals surface area contributed by atoms with Crippen LogP contribution in [0.1, 0.15) is 29.2 Å². The highest BCUT2D eigenvalue weighted by molar-refractivity contribution is 5.79. The summed E-state index contributed by atoms with van der Waals surface area (Å²) in [6.07, 6.45) is 0. The van der Waals surface area contributed by atoms with Crippen LogP contribution >= 0.6 is 0 Å². The van der Waals surface area contributed by atoms with Crippen LogP contribution in [0, 0.1) is 13.8 Å². The summed E-state index contributed by atoms with van der Waals surface area (Å²) in [5.74, 6) is 1.28. The second kappa shape index (κ2) is 11.0. The number of aryl methyl sites for hydroxylation is 2. The van der Waals surface area contributed by atoms with Gasteiger partial charge in [0.15, 0.2) is 12.6 Å². The van der Waals surface area contributed by atoms with Crippen molar-refractivity contribution < 1.29 is 9.53 Å². The number of nitrogens with one attached hydrogen (secondary N) is 3. The first-order valence-electron chi connectivity index (χ1n) is 9.51. The monoisotopic (exact) mass is 382 g/mol. The smallest absolute Gasteiger partial charge is 0.257 e. The number of guanidine groups is 1. The molecule has 0 unspecified atom stereocenters. The Morgan fingerprint density at radius 2 is 1.82 bits per heavy atom. The third-order valence-electron chi connectivity index (χ3n) is 4.27. The predicted octanol–water partition coefficient (Wildman–Crippen LogP) is 2.68. The molecule has 6 nitrogen and oxygen atoms in total. The number of aliphatic imine (C=N–C) groups is 1. The number of amides is 1. The number of benzene rings is 2. The molecule has 2 rings (SSSR count). The third-order valence-corrected chi connectivity index (χ3v) is 4.27. The van der Waals surface area contributed by atoms with E-state index >= 15 is 0 Å². The van der Waals surface area contributed by atoms with Gasteiger partial charge in [0.25, 0.3) is 5.91 Å². The Balaban J connectivity index is 1.85. The molecule has 150 valence electrons. The van der Waals surface area contributed by atoms with Crippen molar-refractivity contribution in [1.82, 2.24) is 16.0 Å². The van der Waals surface area contributed by atoms with Gasteiger partial charge in [0, 0.05) is 26.7 Å². The molecular weight excluding hydrogens is 352 g/mol. The van der Waals surface area contributed by atoms with Crippen LogP contribution in [0.5, 0.6) is 5.75 Å². The van der Waals surface area contributed by atoms with Crippen LogP contribution in [-0.2, 0) is 17.9 Å². The van der Waals surface area contributed by atoms with Crippen LogP contribution in [0.25, 0.3) is 0 Å². The molecule has 6 heteroatoms. The maximum absolute atomic E-state index is 11.5. The maximum atomic E-state index is 11.5. The first-order chi connectivity index (χ1) is 13.5. The molecule has 0 fully saturated rings. The summed E-state index contributed by atoms with van der Waals surface area (Å²) in [7, 11) is 1.75. The normalized spacial score (nSPS) is 11.1. The Morgan fingerprint density at radius 1 is 1.04 bits per heavy atom. The summed E-state index contributed by atoms with van der Waals surface area (Å²) in [6, 6.07) is 14.1. The molecule has 2 aromatic carbocycles. The molecular formula is C22H30N4O2. The molecule has 1 amide bonds. The van der Waals surface area contributed by atoms with E-state index in [4.69, 9.17) is 4.74 Å². The van der Waals surface area contributed by atoms with E-state index in [2.05, 4.69) is 53.0 Å². The van der Waals surface area contributed by atoms with Crippen molar-refractivity contribution in [2.24, 2.45) is 4.99 Å². The van der Waals surface area contributed by atoms with Gasteiger partial charge in [-0.05, 0) is 49.6 Å². The van der Waals surface area contributed by atoms with Crippen molar-refractivity contribution in [3.63, 3.8) is 0 Å². The lowest BCUT2D eigenvalue weighted by Gasteiger charge is -2.14. The average molecular weight is 383 g/mol. The summed E-state index contributed by atoms with van der Waals surface area (Å²) >= 11 is 0. The van der Waals surface area contributed by atoms with Gasteiger partial charge in [-0.2, -0.15) is 0 Å². The Kier molecular flexibility index (Phi) is 8.34. The number of ether oxygens (including phenoxy) is 1. The van der Waals surface area contributed by atoms with Crippen LogP contribution in [0.4, 0.5) is 0 Å². The number of nitrogens with zero attached hydrogens (tertiary/aromatic N) is 1. The van der Waals surface area contributed by atoms with Gasteiger partial charge in [-0.3, -0.25) is 9.79 Å². The average Bonchev–Trinajstić information content (AvgIpc) is 2.68. The lowest BCUT2D eigenvalue weighted by molar-refractivity contribution is -0.122. The van der Waals surface area contributed by atoms with Crippen molar-refractivity contribution in [2.45, 2.75) is 33.9 Å². The molecule has 2 aromatic rings. The highest BCUT2D eigenvalue weighted by Gasteiger charge is 2.04. The molecule has 0 heterocycles. The molecule has 0 saturated heterocycles. The predicted molar refractivity (Wildman–Crippen MR) is 114 cm³/mol. The molecule has 0 aliphatic rings. The largest absolute Gasteiger partial charge is 0.484 e. The van der Waals surface area contributed by atoms with E-state index in [1.807, 2.05) is 31.2 Å². The van der Waals surface area contributed by atoms with E-state index in [0.717, 1.165) is 11.5 Å². The van der Waals surface area contributed by atoms with E-state index in [0.29, 0.717) is 25.4 Å². The van der Waals surface area contributed by atoms with Crippen molar-refractivity contribution in [2.75, 3.05) is 20.2 Å². The summed E-state index contributed by atoms with van der Waals surface area (Å²) in [5.41, 5.74) is 4.81. The lowest BCUT2D eigenvalue weighted by atomic mass is 10.1. The van der Waals surface area contributed by atoms with Crippen LogP contribution in [0.3, 0.4) is 0 Å². The first kappa shape index (κ1) is 21.3. The Hall–Kier alpha value is -3.02. The highest BCUT2D eigenvalue weighted by Crippen LogP contribution is 2.13. The van der Waals surface area contributed by atoms with Gasteiger partial charge in [-0.1, -0.05) is 35.9 Å². The fourth-order valence-corrected chi connectivity index (χ4v) is 2.77. The van der Waals surface area contributed by atoms with Crippen LogP contribution in [0.15, 0.2) is 47.5 Å². The fraction of sp³-hybridized carbons (Fsp3) is 0.364. The van der Waals surface area contributed by atoms with E-state index < -0.39 is 0 Å². The number of likely N-dealkylation sites (N-methyl/N-ethyl adjacent to an activating group) is 1. The van der Waals surface area contributed by atoms with Gasteiger partial charge < -0.3 is 20.7 Å². The van der Waals surface area contributed by atoms with E-state index in [1.54, 1.807) is 7.05 Å². The van der Waals surface area contributed by atoms with E-state index in [1.165, 1.54) is 16.7 Å². The van der Waals surface area contributed by atoms with E-state index in [-0.39, 0.29) is 12.5 Å². The first-order valence-corrected chi connectivity index (χ1v) is 9.51. The zero-order chi connectivity index (χ0) is 20.4. The fourth-order valence-electron chi connectivity index (χ4n) is 2.77. The number of hydrogen-bond donors (Lipinski definition) is 3. The molecule has 0 spiro atoms. The standard InChI is InChI=1S/C22H30N4O2/c1-5-24-21(27)15-28-20-8-6-7-18(12-20)13-25-22(23-4)26-14-19-10-9-16(2)11-17(19)3/h6-12H,5,13-15H2,1-4H3,(H,24,27)(H2,23,25,26). The van der Waals surface area contributed by atoms with E-state index in [9.17, 15) is 4.79 Å². The van der Waals surface area contributed by atoms with Crippen molar-refractivity contribution in [1.29, 1.82) is 0 Å². The summed E-state index contributed by atoms with van der Waals surface area (Å²) in [5, 5.41) is 9.36. The molecule has 3 N–H and O–H groups in total. The summed E-state index contributed by atoms with van der Waals surface area (Å²) in [4.78, 5) is 15.8. The topological polar surface area (TPSA) is 74.8 Å². The molecule has 0 atom stereocenters. The molecule has 0 aromatic heterocycles. The van der Waals surface area contributed by atoms with Crippen LogP contribution in [-0.4, -0.2) is 32.1 Å². The van der Waals surface area contributed by atoms with Crippen molar-refractivity contribution >= 4 is 11.9 Å². The quantitative estimate of drug-likeness (QED) is 0.485. The van der Waals surface area contributed by atoms with Gasteiger partial charge in [0.1, 0.15) is 5.75 Å². The van der Waals surface area contributed by atoms with Crippen LogP contribution < -0.4 is 20.7 Å². The summed E-state index contributed by atoms with van der Waals surface area (Å²) < 4.78 is 5.54. The van der Waals surface area contributed by atoms with Crippen molar-refractivity contribution in [3.8, 4) is 5.75 Å². The Bertz CT molecular complexity index is 818. The number of hydrogen-bond acceptors (Lipinski definition) is 3. The SMILES string of the molecule is CCNC(=O)COc1cccc(CNC(=NC)NCc2ccc(C)cc2C)c1. The molecule has 0 aliphatic heterocycles. The molecule has 0 radical (unpaired) electrons. The highest BCUT2D eigenvalue weighted by atomic mass is 16.5. The third kappa shape index (κ3) is 6.95. The molecule has 0 saturated carbocycles. The van der Waals surface area contributed by atoms with Gasteiger partial charge in [0.2, 0.25) is 0 Å². The maximum Gasteiger partial charge on any atom is 0.257 e. The minimum absolute atomic E-state index is 0.0177. The van der Waals surface area contributed by atoms with Gasteiger partial charge >= 0.3 is 0 Å². The number of carbonyl (C=O) groups excluding carboxylic acids is 1. The Labute approximate surface area is 167 Å². The minimum Gasteiger partial charge on any atom is -0.484 e. The molecule has 28 heavy (non-hydrogen) atoms. The molecule has 0 aliphatic carbocycles. The molecule has 0 bridgehead atoms. The second-order valence-electron chi connectivity index (χ2n) is 6.60. The zero-order valence-corrected chi connectivity index (χ0v) is 17.1. The zero-order valence-electron chi connectivity index (χ0n) is 17.1. The minimum atomic E-state index is -0.123. The van der Waals surface area contributed by atoms with Crippen LogP contribution in [0.2, 0.25) is 0 Å². The van der Waals surface area contributed by atoms with Gasteiger partial charge in [-0.15, -0.1) is 0 Å². The lowest BCUT2D eigenvalue weighted by Crippen LogP contribution is -2.36. The second-order valence-corrected chi connectivity index (χ2v) is 6.60. The number of carbonyl (C=O) groups is 1. The summed E-state index contributed by atoms with van der Waals surface area (Å²) in [6.45, 7) is 8.02. The Morgan fingerprint density at radius 3 is 2.54 bits per heavy atom. The van der Waals surface area contributed by atoms with Gasteiger partial charge in [-0.25, -0.2) is 0 Å². The number of rotatable bonds is 8. The van der Waals surface area contributed by atoms with Crippen molar-refractivity contribution in [3.05, 3.63) is 64.7 Å².